The van der Waals surface area contributed by atoms with Crippen molar-refractivity contribution in [2.75, 3.05) is 36.5 Å². The Morgan fingerprint density at radius 2 is 1.86 bits per heavy atom. The topological polar surface area (TPSA) is 92.5 Å². The summed E-state index contributed by atoms with van der Waals surface area (Å²) < 4.78 is 20.6. The largest absolute Gasteiger partial charge is 0.393 e. The third kappa shape index (κ3) is 3.50. The molecule has 184 valence electrons. The van der Waals surface area contributed by atoms with Gasteiger partial charge in [-0.2, -0.15) is 4.98 Å². The number of aliphatic hydroxyl groups excluding tert-OH is 1. The lowest BCUT2D eigenvalue weighted by Gasteiger charge is -2.56. The van der Waals surface area contributed by atoms with E-state index in [0.29, 0.717) is 48.1 Å². The zero-order chi connectivity index (χ0) is 23.7. The third-order valence-corrected chi connectivity index (χ3v) is 8.42. The van der Waals surface area contributed by atoms with Crippen LogP contribution in [-0.2, 0) is 4.74 Å². The average Bonchev–Trinajstić information content (AvgIpc) is 2.77. The minimum atomic E-state index is -0.768. The molecule has 0 atom stereocenters. The quantitative estimate of drug-likeness (QED) is 0.556. The van der Waals surface area contributed by atoms with Crippen molar-refractivity contribution in [3.8, 4) is 0 Å². The summed E-state index contributed by atoms with van der Waals surface area (Å²) in [5.74, 6) is 0.433. The Hall–Kier alpha value is -2.78. The maximum atomic E-state index is 14.0. The molecule has 2 aliphatic carbocycles. The number of rotatable bonds is 4. The second-order valence-electron chi connectivity index (χ2n) is 11.1. The molecule has 0 amide bonds. The van der Waals surface area contributed by atoms with E-state index in [1.807, 2.05) is 16.7 Å². The number of alkyl halides is 1. The molecular formula is C26H30FN5O3. The molecule has 4 heterocycles. The molecule has 35 heavy (non-hydrogen) atoms. The molecule has 1 aromatic carbocycles. The van der Waals surface area contributed by atoms with E-state index in [2.05, 4.69) is 21.3 Å². The van der Waals surface area contributed by atoms with E-state index in [9.17, 15) is 14.3 Å². The first-order valence-electron chi connectivity index (χ1n) is 12.7. The van der Waals surface area contributed by atoms with Crippen LogP contribution in [0, 0.1) is 5.41 Å². The molecule has 9 heteroatoms. The van der Waals surface area contributed by atoms with E-state index < -0.39 is 6.17 Å². The van der Waals surface area contributed by atoms with Gasteiger partial charge in [0.1, 0.15) is 11.8 Å². The molecule has 0 radical (unpaired) electrons. The Morgan fingerprint density at radius 1 is 1.09 bits per heavy atom. The molecule has 2 saturated heterocycles. The minimum absolute atomic E-state index is 0.0244. The second kappa shape index (κ2) is 7.86. The van der Waals surface area contributed by atoms with Crippen LogP contribution in [0.1, 0.15) is 44.6 Å². The van der Waals surface area contributed by atoms with Gasteiger partial charge in [-0.15, -0.1) is 0 Å². The normalized spacial score (nSPS) is 29.6. The highest BCUT2D eigenvalue weighted by Crippen LogP contribution is 2.41. The Labute approximate surface area is 202 Å². The summed E-state index contributed by atoms with van der Waals surface area (Å²) in [6.07, 6.45) is 4.43. The van der Waals surface area contributed by atoms with Crippen molar-refractivity contribution in [1.29, 1.82) is 0 Å². The number of benzene rings is 1. The molecule has 3 aromatic rings. The first kappa shape index (κ1) is 21.5. The Bertz CT molecular complexity index is 1350. The Morgan fingerprint density at radius 3 is 2.54 bits per heavy atom. The van der Waals surface area contributed by atoms with Crippen molar-refractivity contribution in [2.45, 2.75) is 62.9 Å². The van der Waals surface area contributed by atoms with Gasteiger partial charge in [-0.05, 0) is 56.0 Å². The molecule has 8 nitrogen and oxygen atoms in total. The van der Waals surface area contributed by atoms with E-state index in [0.717, 1.165) is 55.6 Å². The number of anilines is 2. The summed E-state index contributed by atoms with van der Waals surface area (Å²) in [4.78, 5) is 25.6. The predicted octanol–water partition coefficient (Wildman–Crippen LogP) is 3.17. The number of nitrogens with zero attached hydrogens (tertiary/aromatic N) is 4. The molecule has 0 unspecified atom stereocenters. The number of fused-ring (bicyclic) bond motifs is 3. The highest BCUT2D eigenvalue weighted by molar-refractivity contribution is 6.05. The van der Waals surface area contributed by atoms with Crippen LogP contribution < -0.4 is 15.8 Å². The van der Waals surface area contributed by atoms with Gasteiger partial charge in [-0.25, -0.2) is 9.37 Å². The number of ether oxygens (including phenoxy) is 1. The zero-order valence-corrected chi connectivity index (χ0v) is 19.6. The molecule has 1 spiro atoms. The molecule has 2 N–H and O–H groups in total. The van der Waals surface area contributed by atoms with Crippen LogP contribution in [-0.4, -0.2) is 64.3 Å². The summed E-state index contributed by atoms with van der Waals surface area (Å²) in [6, 6.07) is 6.11. The monoisotopic (exact) mass is 479 g/mol. The summed E-state index contributed by atoms with van der Waals surface area (Å²) in [6.45, 7) is 3.56. The first-order chi connectivity index (χ1) is 17.0. The van der Waals surface area contributed by atoms with E-state index in [1.54, 1.807) is 6.20 Å². The summed E-state index contributed by atoms with van der Waals surface area (Å²) in [5.41, 5.74) is 1.92. The van der Waals surface area contributed by atoms with Gasteiger partial charge in [-0.3, -0.25) is 9.36 Å². The average molecular weight is 480 g/mol. The standard InChI is InChI=1S/C26H30FN5O3/c27-15-7-16(8-15)29-25-28-10-22-20-6-3-18(31-11-26(12-31)13-35-14-26)9-21(20)24(34)32(23(22)30-25)17-1-4-19(33)5-2-17/h3,6,9-10,15-17,19,33H,1-2,4-5,7-8,11-14H2,(H,28,29,30)/t15?,16?,17-,19-. The lowest BCUT2D eigenvalue weighted by Crippen LogP contribution is -2.66. The highest BCUT2D eigenvalue weighted by Gasteiger charge is 2.49. The second-order valence-corrected chi connectivity index (χ2v) is 11.1. The van der Waals surface area contributed by atoms with E-state index >= 15 is 0 Å². The molecule has 4 aliphatic rings. The van der Waals surface area contributed by atoms with Gasteiger partial charge in [0.25, 0.3) is 5.56 Å². The zero-order valence-electron chi connectivity index (χ0n) is 19.6. The highest BCUT2D eigenvalue weighted by atomic mass is 19.1. The van der Waals surface area contributed by atoms with Gasteiger partial charge < -0.3 is 20.1 Å². The number of hydrogen-bond donors (Lipinski definition) is 2. The van der Waals surface area contributed by atoms with Gasteiger partial charge in [-0.1, -0.05) is 6.07 Å². The summed E-state index contributed by atoms with van der Waals surface area (Å²) >= 11 is 0. The van der Waals surface area contributed by atoms with Crippen molar-refractivity contribution in [3.63, 3.8) is 0 Å². The van der Waals surface area contributed by atoms with Crippen LogP contribution in [0.2, 0.25) is 0 Å². The van der Waals surface area contributed by atoms with Gasteiger partial charge >= 0.3 is 0 Å². The van der Waals surface area contributed by atoms with Crippen LogP contribution in [0.5, 0.6) is 0 Å². The fourth-order valence-electron chi connectivity index (χ4n) is 6.21. The maximum absolute atomic E-state index is 14.0. The molecule has 7 rings (SSSR count). The maximum Gasteiger partial charge on any atom is 0.260 e. The number of nitrogens with one attached hydrogen (secondary N) is 1. The van der Waals surface area contributed by atoms with E-state index in [1.165, 1.54) is 0 Å². The van der Waals surface area contributed by atoms with Crippen LogP contribution in [0.4, 0.5) is 16.0 Å². The van der Waals surface area contributed by atoms with Crippen LogP contribution >= 0.6 is 0 Å². The number of hydrogen-bond acceptors (Lipinski definition) is 7. The number of pyridine rings is 1. The van der Waals surface area contributed by atoms with E-state index in [-0.39, 0.29) is 23.7 Å². The number of aromatic nitrogens is 3. The predicted molar refractivity (Wildman–Crippen MR) is 132 cm³/mol. The number of aliphatic hydroxyl groups is 1. The van der Waals surface area contributed by atoms with Crippen LogP contribution in [0.3, 0.4) is 0 Å². The molecular weight excluding hydrogens is 449 g/mol. The first-order valence-corrected chi connectivity index (χ1v) is 12.7. The molecule has 4 fully saturated rings. The fourth-order valence-corrected chi connectivity index (χ4v) is 6.21. The number of halogens is 1. The smallest absolute Gasteiger partial charge is 0.260 e. The van der Waals surface area contributed by atoms with Crippen LogP contribution in [0.25, 0.3) is 21.8 Å². The lowest BCUT2D eigenvalue weighted by molar-refractivity contribution is -0.127. The van der Waals surface area contributed by atoms with Gasteiger partial charge in [0, 0.05) is 42.4 Å². The minimum Gasteiger partial charge on any atom is -0.393 e. The van der Waals surface area contributed by atoms with Crippen molar-refractivity contribution >= 4 is 33.4 Å². The fraction of sp³-hybridized carbons (Fsp3) is 0.577. The molecule has 2 saturated carbocycles. The molecule has 0 bridgehead atoms. The van der Waals surface area contributed by atoms with Crippen LogP contribution in [0.15, 0.2) is 29.2 Å². The molecule has 2 aliphatic heterocycles. The van der Waals surface area contributed by atoms with Gasteiger partial charge in [0.2, 0.25) is 5.95 Å². The summed E-state index contributed by atoms with van der Waals surface area (Å²) in [7, 11) is 0. The third-order valence-electron chi connectivity index (χ3n) is 8.42. The van der Waals surface area contributed by atoms with Crippen molar-refractivity contribution < 1.29 is 14.2 Å². The lowest BCUT2D eigenvalue weighted by atomic mass is 9.77. The van der Waals surface area contributed by atoms with Crippen molar-refractivity contribution in [3.05, 3.63) is 34.7 Å². The van der Waals surface area contributed by atoms with Crippen molar-refractivity contribution in [2.24, 2.45) is 5.41 Å². The van der Waals surface area contributed by atoms with Gasteiger partial charge in [0.15, 0.2) is 0 Å². The SMILES string of the molecule is O=c1c2cc(N3CC4(COC4)C3)ccc2c2cnc(NC3CC(F)C3)nc2n1[C@H]1CC[C@H](O)CC1. The van der Waals surface area contributed by atoms with Gasteiger partial charge in [0.05, 0.1) is 30.1 Å². The van der Waals surface area contributed by atoms with E-state index in [4.69, 9.17) is 9.72 Å². The Balaban J connectivity index is 1.33. The molecule has 2 aromatic heterocycles. The van der Waals surface area contributed by atoms with Crippen molar-refractivity contribution in [1.82, 2.24) is 14.5 Å². The summed E-state index contributed by atoms with van der Waals surface area (Å²) in [5, 5.41) is 15.7. The Kier molecular flexibility index (Phi) is 4.83.